The zero-order chi connectivity index (χ0) is 21.8. The molecule has 0 unspecified atom stereocenters. The number of hydrogen-bond donors (Lipinski definition) is 1. The molecule has 7 nitrogen and oxygen atoms in total. The largest absolute Gasteiger partial charge is 0.494 e. The number of carbonyl (C=O) groups excluding carboxylic acids is 3. The quantitative estimate of drug-likeness (QED) is 0.446. The Labute approximate surface area is 179 Å². The molecule has 0 radical (unpaired) electrons. The molecule has 7 heteroatoms. The topological polar surface area (TPSA) is 88.8 Å². The van der Waals surface area contributed by atoms with Crippen molar-refractivity contribution in [3.63, 3.8) is 0 Å². The van der Waals surface area contributed by atoms with Gasteiger partial charge in [0.05, 0.1) is 30.5 Å². The number of furan rings is 1. The summed E-state index contributed by atoms with van der Waals surface area (Å²) < 4.78 is 10.9. The van der Waals surface area contributed by atoms with Crippen LogP contribution in [0.1, 0.15) is 48.8 Å². The van der Waals surface area contributed by atoms with Crippen molar-refractivity contribution in [2.75, 3.05) is 13.2 Å². The SMILES string of the molecule is Cc1cccc(OCCCNC(=O)c2ccc3c(c2)C(=O)N(Cc2ccco2)C3=O)c1. The molecular weight excluding hydrogens is 396 g/mol. The lowest BCUT2D eigenvalue weighted by molar-refractivity contribution is 0.0631. The molecule has 1 aliphatic rings. The molecule has 3 aromatic rings. The van der Waals surface area contributed by atoms with Gasteiger partial charge in [0, 0.05) is 12.1 Å². The molecular formula is C24H22N2O5. The molecule has 158 valence electrons. The Balaban J connectivity index is 1.32. The molecule has 0 saturated carbocycles. The van der Waals surface area contributed by atoms with Crippen molar-refractivity contribution < 1.29 is 23.5 Å². The van der Waals surface area contributed by atoms with Crippen molar-refractivity contribution >= 4 is 17.7 Å². The second-order valence-electron chi connectivity index (χ2n) is 7.31. The van der Waals surface area contributed by atoms with Crippen LogP contribution in [-0.4, -0.2) is 35.8 Å². The van der Waals surface area contributed by atoms with Crippen molar-refractivity contribution in [1.29, 1.82) is 0 Å². The molecule has 1 aliphatic heterocycles. The van der Waals surface area contributed by atoms with Gasteiger partial charge in [-0.25, -0.2) is 0 Å². The van der Waals surface area contributed by atoms with Crippen LogP contribution in [0.3, 0.4) is 0 Å². The highest BCUT2D eigenvalue weighted by molar-refractivity contribution is 6.22. The first-order chi connectivity index (χ1) is 15.0. The lowest BCUT2D eigenvalue weighted by Gasteiger charge is -2.11. The Bertz CT molecular complexity index is 1120. The molecule has 4 rings (SSSR count). The second kappa shape index (κ2) is 8.87. The van der Waals surface area contributed by atoms with Gasteiger partial charge in [-0.05, 0) is 61.4 Å². The summed E-state index contributed by atoms with van der Waals surface area (Å²) in [6, 6.07) is 15.7. The lowest BCUT2D eigenvalue weighted by atomic mass is 10.1. The number of hydrogen-bond acceptors (Lipinski definition) is 5. The molecule has 0 fully saturated rings. The second-order valence-corrected chi connectivity index (χ2v) is 7.31. The maximum absolute atomic E-state index is 12.7. The van der Waals surface area contributed by atoms with Crippen molar-refractivity contribution in [2.45, 2.75) is 19.9 Å². The normalized spacial score (nSPS) is 12.7. The highest BCUT2D eigenvalue weighted by Crippen LogP contribution is 2.25. The smallest absolute Gasteiger partial charge is 0.261 e. The first-order valence-electron chi connectivity index (χ1n) is 10.0. The molecule has 0 spiro atoms. The molecule has 31 heavy (non-hydrogen) atoms. The van der Waals surface area contributed by atoms with Gasteiger partial charge in [-0.2, -0.15) is 0 Å². The van der Waals surface area contributed by atoms with Crippen LogP contribution in [0.4, 0.5) is 0 Å². The summed E-state index contributed by atoms with van der Waals surface area (Å²) in [7, 11) is 0. The van der Waals surface area contributed by atoms with Crippen LogP contribution < -0.4 is 10.1 Å². The number of ether oxygens (including phenoxy) is 1. The van der Waals surface area contributed by atoms with Crippen LogP contribution >= 0.6 is 0 Å². The van der Waals surface area contributed by atoms with Crippen molar-refractivity contribution in [1.82, 2.24) is 10.2 Å². The fraction of sp³-hybridized carbons (Fsp3) is 0.208. The van der Waals surface area contributed by atoms with E-state index in [-0.39, 0.29) is 18.0 Å². The molecule has 2 heterocycles. The number of fused-ring (bicyclic) bond motifs is 1. The molecule has 3 amide bonds. The Morgan fingerprint density at radius 1 is 1.03 bits per heavy atom. The highest BCUT2D eigenvalue weighted by Gasteiger charge is 2.36. The average Bonchev–Trinajstić information content (AvgIpc) is 3.36. The minimum absolute atomic E-state index is 0.0574. The number of aryl methyl sites for hydroxylation is 1. The van der Waals surface area contributed by atoms with Crippen LogP contribution in [-0.2, 0) is 6.54 Å². The number of rotatable bonds is 8. The fourth-order valence-corrected chi connectivity index (χ4v) is 3.41. The summed E-state index contributed by atoms with van der Waals surface area (Å²) in [4.78, 5) is 38.8. The van der Waals surface area contributed by atoms with E-state index >= 15 is 0 Å². The Hall–Kier alpha value is -3.87. The number of imide groups is 1. The van der Waals surface area contributed by atoms with E-state index in [1.807, 2.05) is 31.2 Å². The van der Waals surface area contributed by atoms with Crippen LogP contribution in [0, 0.1) is 6.92 Å². The molecule has 0 atom stereocenters. The molecule has 0 saturated heterocycles. The maximum Gasteiger partial charge on any atom is 0.261 e. The third-order valence-electron chi connectivity index (χ3n) is 4.99. The molecule has 1 aromatic heterocycles. The summed E-state index contributed by atoms with van der Waals surface area (Å²) in [5, 5.41) is 2.82. The van der Waals surface area contributed by atoms with Gasteiger partial charge in [0.15, 0.2) is 0 Å². The van der Waals surface area contributed by atoms with Gasteiger partial charge in [-0.15, -0.1) is 0 Å². The van der Waals surface area contributed by atoms with Gasteiger partial charge >= 0.3 is 0 Å². The number of nitrogens with one attached hydrogen (secondary N) is 1. The van der Waals surface area contributed by atoms with Gasteiger partial charge in [0.2, 0.25) is 0 Å². The van der Waals surface area contributed by atoms with Gasteiger partial charge < -0.3 is 14.5 Å². The van der Waals surface area contributed by atoms with E-state index in [1.54, 1.807) is 18.2 Å². The van der Waals surface area contributed by atoms with E-state index in [2.05, 4.69) is 5.32 Å². The summed E-state index contributed by atoms with van der Waals surface area (Å²) >= 11 is 0. The van der Waals surface area contributed by atoms with Gasteiger partial charge in [0.25, 0.3) is 17.7 Å². The lowest BCUT2D eigenvalue weighted by Crippen LogP contribution is -2.28. The number of carbonyl (C=O) groups is 3. The monoisotopic (exact) mass is 418 g/mol. The Kier molecular flexibility index (Phi) is 5.84. The molecule has 1 N–H and O–H groups in total. The van der Waals surface area contributed by atoms with Crippen molar-refractivity contribution in [3.05, 3.63) is 88.9 Å². The standard InChI is InChI=1S/C24H22N2O5/c1-16-5-2-6-18(13-16)30-12-4-10-25-22(27)17-8-9-20-21(14-17)24(29)26(23(20)28)15-19-7-3-11-31-19/h2-3,5-9,11,13-14H,4,10,12,15H2,1H3,(H,25,27). The van der Waals surface area contributed by atoms with Crippen LogP contribution in [0.25, 0.3) is 0 Å². The predicted octanol–water partition coefficient (Wildman–Crippen LogP) is 3.58. The fourth-order valence-electron chi connectivity index (χ4n) is 3.41. The zero-order valence-electron chi connectivity index (χ0n) is 17.1. The number of benzene rings is 2. The van der Waals surface area contributed by atoms with E-state index in [0.29, 0.717) is 36.5 Å². The molecule has 0 aliphatic carbocycles. The number of nitrogens with zero attached hydrogens (tertiary/aromatic N) is 1. The Morgan fingerprint density at radius 3 is 2.65 bits per heavy atom. The minimum Gasteiger partial charge on any atom is -0.494 e. The zero-order valence-corrected chi connectivity index (χ0v) is 17.1. The van der Waals surface area contributed by atoms with Crippen molar-refractivity contribution in [2.24, 2.45) is 0 Å². The average molecular weight is 418 g/mol. The van der Waals surface area contributed by atoms with E-state index in [4.69, 9.17) is 9.15 Å². The van der Waals surface area contributed by atoms with E-state index < -0.39 is 11.8 Å². The minimum atomic E-state index is -0.433. The highest BCUT2D eigenvalue weighted by atomic mass is 16.5. The summed E-state index contributed by atoms with van der Waals surface area (Å²) in [5.74, 6) is 0.185. The summed E-state index contributed by atoms with van der Waals surface area (Å²) in [6.45, 7) is 2.96. The van der Waals surface area contributed by atoms with E-state index in [1.165, 1.54) is 18.4 Å². The third-order valence-corrected chi connectivity index (χ3v) is 4.99. The van der Waals surface area contributed by atoms with Crippen LogP contribution in [0.2, 0.25) is 0 Å². The third kappa shape index (κ3) is 4.50. The summed E-state index contributed by atoms with van der Waals surface area (Å²) in [6.07, 6.45) is 2.13. The van der Waals surface area contributed by atoms with E-state index in [0.717, 1.165) is 16.2 Å². The van der Waals surface area contributed by atoms with Gasteiger partial charge in [0.1, 0.15) is 11.5 Å². The maximum atomic E-state index is 12.7. The predicted molar refractivity (Wildman–Crippen MR) is 113 cm³/mol. The van der Waals surface area contributed by atoms with Gasteiger partial charge in [-0.1, -0.05) is 12.1 Å². The van der Waals surface area contributed by atoms with Crippen LogP contribution in [0.15, 0.2) is 65.3 Å². The Morgan fingerprint density at radius 2 is 1.87 bits per heavy atom. The first-order valence-corrected chi connectivity index (χ1v) is 10.0. The molecule has 2 aromatic carbocycles. The van der Waals surface area contributed by atoms with Crippen LogP contribution in [0.5, 0.6) is 5.75 Å². The summed E-state index contributed by atoms with van der Waals surface area (Å²) in [5.41, 5.74) is 1.98. The first kappa shape index (κ1) is 20.4. The van der Waals surface area contributed by atoms with Crippen molar-refractivity contribution in [3.8, 4) is 5.75 Å². The van der Waals surface area contributed by atoms with E-state index in [9.17, 15) is 14.4 Å². The molecule has 0 bridgehead atoms. The van der Waals surface area contributed by atoms with Gasteiger partial charge in [-0.3, -0.25) is 19.3 Å². The number of amides is 3.